The molecule has 0 saturated carbocycles. The minimum absolute atomic E-state index is 0.0761. The number of nitrogens with zero attached hydrogens (tertiary/aromatic N) is 3. The standard InChI is InChI=1S/C9H12ClN3O2/c1-12(2)9(15)6-13-5-7(4-11-13)8(14)3-10/h4-5H,3,6H2,1-2H3. The summed E-state index contributed by atoms with van der Waals surface area (Å²) in [5, 5.41) is 3.90. The normalized spacial score (nSPS) is 10.1. The van der Waals surface area contributed by atoms with Crippen LogP contribution in [0.3, 0.4) is 0 Å². The summed E-state index contributed by atoms with van der Waals surface area (Å²) in [4.78, 5) is 23.9. The molecule has 0 N–H and O–H groups in total. The van der Waals surface area contributed by atoms with Crippen molar-refractivity contribution in [3.8, 4) is 0 Å². The first kappa shape index (κ1) is 11.7. The van der Waals surface area contributed by atoms with Gasteiger partial charge in [0.2, 0.25) is 5.91 Å². The second kappa shape index (κ2) is 4.93. The molecule has 1 rings (SSSR count). The third-order valence-corrected chi connectivity index (χ3v) is 2.12. The second-order valence-corrected chi connectivity index (χ2v) is 3.54. The first-order valence-corrected chi connectivity index (χ1v) is 4.90. The number of rotatable bonds is 4. The van der Waals surface area contributed by atoms with Crippen LogP contribution < -0.4 is 0 Å². The molecule has 0 radical (unpaired) electrons. The van der Waals surface area contributed by atoms with E-state index in [4.69, 9.17) is 11.6 Å². The molecule has 0 aliphatic rings. The quantitative estimate of drug-likeness (QED) is 0.555. The Labute approximate surface area is 92.6 Å². The Morgan fingerprint density at radius 1 is 1.53 bits per heavy atom. The summed E-state index contributed by atoms with van der Waals surface area (Å²) >= 11 is 5.39. The van der Waals surface area contributed by atoms with Gasteiger partial charge in [-0.25, -0.2) is 0 Å². The van der Waals surface area contributed by atoms with Gasteiger partial charge in [0.1, 0.15) is 6.54 Å². The summed E-state index contributed by atoms with van der Waals surface area (Å²) in [5.74, 6) is -0.351. The van der Waals surface area contributed by atoms with Gasteiger partial charge in [-0.05, 0) is 0 Å². The summed E-state index contributed by atoms with van der Waals surface area (Å²) < 4.78 is 1.42. The molecule has 0 saturated heterocycles. The second-order valence-electron chi connectivity index (χ2n) is 3.27. The average molecular weight is 230 g/mol. The van der Waals surface area contributed by atoms with Gasteiger partial charge in [-0.3, -0.25) is 14.3 Å². The smallest absolute Gasteiger partial charge is 0.243 e. The zero-order chi connectivity index (χ0) is 11.4. The van der Waals surface area contributed by atoms with E-state index in [0.717, 1.165) is 0 Å². The highest BCUT2D eigenvalue weighted by Gasteiger charge is 2.10. The predicted octanol–water partition coefficient (Wildman–Crippen LogP) is 0.393. The van der Waals surface area contributed by atoms with Gasteiger partial charge in [-0.1, -0.05) is 0 Å². The Bertz CT molecular complexity index is 373. The number of carbonyl (C=O) groups excluding carboxylic acids is 2. The van der Waals surface area contributed by atoms with Crippen LogP contribution in [0.25, 0.3) is 0 Å². The molecule has 0 spiro atoms. The SMILES string of the molecule is CN(C)C(=O)Cn1cc(C(=O)CCl)cn1. The first-order valence-electron chi connectivity index (χ1n) is 4.36. The van der Waals surface area contributed by atoms with Crippen LogP contribution in [0, 0.1) is 0 Å². The van der Waals surface area contributed by atoms with Gasteiger partial charge in [0, 0.05) is 20.3 Å². The van der Waals surface area contributed by atoms with Crippen LogP contribution in [-0.2, 0) is 11.3 Å². The summed E-state index contributed by atoms with van der Waals surface area (Å²) in [6.45, 7) is 0.128. The van der Waals surface area contributed by atoms with E-state index in [2.05, 4.69) is 5.10 Å². The molecule has 0 bridgehead atoms. The van der Waals surface area contributed by atoms with Crippen LogP contribution >= 0.6 is 11.6 Å². The molecule has 1 heterocycles. The van der Waals surface area contributed by atoms with E-state index in [1.165, 1.54) is 22.0 Å². The van der Waals surface area contributed by atoms with Gasteiger partial charge in [0.05, 0.1) is 17.6 Å². The van der Waals surface area contributed by atoms with Crippen molar-refractivity contribution in [1.82, 2.24) is 14.7 Å². The Morgan fingerprint density at radius 3 is 2.73 bits per heavy atom. The van der Waals surface area contributed by atoms with Gasteiger partial charge in [0.25, 0.3) is 0 Å². The largest absolute Gasteiger partial charge is 0.347 e. The zero-order valence-corrected chi connectivity index (χ0v) is 9.36. The van der Waals surface area contributed by atoms with Crippen LogP contribution in [0.4, 0.5) is 0 Å². The molecule has 1 amide bonds. The van der Waals surface area contributed by atoms with Crippen LogP contribution in [0.2, 0.25) is 0 Å². The van der Waals surface area contributed by atoms with Crippen molar-refractivity contribution in [2.75, 3.05) is 20.0 Å². The van der Waals surface area contributed by atoms with Crippen molar-refractivity contribution in [3.05, 3.63) is 18.0 Å². The lowest BCUT2D eigenvalue weighted by Crippen LogP contribution is -2.26. The van der Waals surface area contributed by atoms with Crippen molar-refractivity contribution in [1.29, 1.82) is 0 Å². The Morgan fingerprint density at radius 2 is 2.20 bits per heavy atom. The fourth-order valence-electron chi connectivity index (χ4n) is 0.951. The summed E-state index contributed by atoms with van der Waals surface area (Å²) in [6.07, 6.45) is 2.93. The van der Waals surface area contributed by atoms with Crippen molar-refractivity contribution < 1.29 is 9.59 Å². The van der Waals surface area contributed by atoms with E-state index < -0.39 is 0 Å². The Hall–Kier alpha value is -1.36. The van der Waals surface area contributed by atoms with E-state index >= 15 is 0 Å². The summed E-state index contributed by atoms with van der Waals surface area (Å²) in [6, 6.07) is 0. The summed E-state index contributed by atoms with van der Waals surface area (Å²) in [7, 11) is 3.33. The molecule has 1 aromatic rings. The topological polar surface area (TPSA) is 55.2 Å². The van der Waals surface area contributed by atoms with E-state index in [0.29, 0.717) is 5.56 Å². The molecule has 0 unspecified atom stereocenters. The lowest BCUT2D eigenvalue weighted by atomic mass is 10.3. The third kappa shape index (κ3) is 3.06. The Kier molecular flexibility index (Phi) is 3.85. The van der Waals surface area contributed by atoms with Gasteiger partial charge in [-0.15, -0.1) is 11.6 Å². The monoisotopic (exact) mass is 229 g/mol. The molecule has 0 atom stereocenters. The molecule has 0 aromatic carbocycles. The number of ketones is 1. The molecule has 6 heteroatoms. The number of likely N-dealkylation sites (N-methyl/N-ethyl adjacent to an activating group) is 1. The highest BCUT2D eigenvalue weighted by Crippen LogP contribution is 2.01. The van der Waals surface area contributed by atoms with Crippen molar-refractivity contribution >= 4 is 23.3 Å². The zero-order valence-electron chi connectivity index (χ0n) is 8.61. The molecule has 15 heavy (non-hydrogen) atoms. The minimum Gasteiger partial charge on any atom is -0.347 e. The van der Waals surface area contributed by atoms with E-state index in [1.54, 1.807) is 14.1 Å². The number of hydrogen-bond donors (Lipinski definition) is 0. The predicted molar refractivity (Wildman–Crippen MR) is 56.0 cm³/mol. The average Bonchev–Trinajstić information content (AvgIpc) is 2.65. The van der Waals surface area contributed by atoms with Gasteiger partial charge in [-0.2, -0.15) is 5.10 Å². The van der Waals surface area contributed by atoms with Crippen LogP contribution in [0.1, 0.15) is 10.4 Å². The van der Waals surface area contributed by atoms with E-state index in [9.17, 15) is 9.59 Å². The van der Waals surface area contributed by atoms with Gasteiger partial charge < -0.3 is 4.90 Å². The number of carbonyl (C=O) groups is 2. The molecular weight excluding hydrogens is 218 g/mol. The van der Waals surface area contributed by atoms with Crippen molar-refractivity contribution in [3.63, 3.8) is 0 Å². The minimum atomic E-state index is -0.194. The molecule has 0 aliphatic carbocycles. The summed E-state index contributed by atoms with van der Waals surface area (Å²) in [5.41, 5.74) is 0.427. The van der Waals surface area contributed by atoms with Crippen LogP contribution in [-0.4, -0.2) is 46.3 Å². The number of aromatic nitrogens is 2. The van der Waals surface area contributed by atoms with Crippen LogP contribution in [0.5, 0.6) is 0 Å². The molecule has 0 fully saturated rings. The molecule has 82 valence electrons. The third-order valence-electron chi connectivity index (χ3n) is 1.87. The molecule has 5 nitrogen and oxygen atoms in total. The maximum Gasteiger partial charge on any atom is 0.243 e. The molecule has 0 aliphatic heterocycles. The lowest BCUT2D eigenvalue weighted by Gasteiger charge is -2.09. The fourth-order valence-corrected chi connectivity index (χ4v) is 1.11. The van der Waals surface area contributed by atoms with Crippen LogP contribution in [0.15, 0.2) is 12.4 Å². The van der Waals surface area contributed by atoms with Gasteiger partial charge >= 0.3 is 0 Å². The molecular formula is C9H12ClN3O2. The number of Topliss-reactive ketones (excluding diaryl/α,β-unsaturated/α-hetero) is 1. The highest BCUT2D eigenvalue weighted by molar-refractivity contribution is 6.30. The maximum atomic E-state index is 11.3. The maximum absolute atomic E-state index is 11.3. The number of amides is 1. The Balaban J connectivity index is 2.69. The number of hydrogen-bond acceptors (Lipinski definition) is 3. The van der Waals surface area contributed by atoms with Crippen molar-refractivity contribution in [2.45, 2.75) is 6.54 Å². The van der Waals surface area contributed by atoms with E-state index in [1.807, 2.05) is 0 Å². The number of halogens is 1. The van der Waals surface area contributed by atoms with E-state index in [-0.39, 0.29) is 24.1 Å². The lowest BCUT2D eigenvalue weighted by molar-refractivity contribution is -0.129. The number of alkyl halides is 1. The van der Waals surface area contributed by atoms with Gasteiger partial charge in [0.15, 0.2) is 5.78 Å². The van der Waals surface area contributed by atoms with Crippen molar-refractivity contribution in [2.24, 2.45) is 0 Å². The molecule has 1 aromatic heterocycles. The first-order chi connectivity index (χ1) is 7.04. The fraction of sp³-hybridized carbons (Fsp3) is 0.444. The highest BCUT2D eigenvalue weighted by atomic mass is 35.5.